The molecule has 0 bridgehead atoms. The van der Waals surface area contributed by atoms with Crippen molar-refractivity contribution in [1.82, 2.24) is 29.4 Å². The minimum absolute atomic E-state index is 0.144. The van der Waals surface area contributed by atoms with Gasteiger partial charge in [-0.3, -0.25) is 9.36 Å². The van der Waals surface area contributed by atoms with Crippen molar-refractivity contribution in [3.8, 4) is 10.7 Å². The molecule has 10 heteroatoms. The van der Waals surface area contributed by atoms with E-state index in [2.05, 4.69) is 44.4 Å². The first-order valence-electron chi connectivity index (χ1n) is 11.3. The van der Waals surface area contributed by atoms with Gasteiger partial charge in [-0.15, -0.1) is 28.1 Å². The van der Waals surface area contributed by atoms with Gasteiger partial charge in [0.1, 0.15) is 5.01 Å². The standard InChI is InChI=1S/C23H26N6OS3/c1-4-9-28-21(18-11-15-10-14(5-2)7-8-17(15)32-18)25-26-23(28)31-13-16-12-20(30)29-22(24-16)33-19(6-3)27-29/h4,11-12,14H,1,5-10,13H2,2-3H3/t14-/m0/s1. The van der Waals surface area contributed by atoms with Gasteiger partial charge in [0.2, 0.25) is 4.96 Å². The van der Waals surface area contributed by atoms with E-state index in [4.69, 9.17) is 0 Å². The smallest absolute Gasteiger partial charge is 0.275 e. The number of aryl methyl sites for hydroxylation is 2. The van der Waals surface area contributed by atoms with Crippen LogP contribution >= 0.6 is 34.4 Å². The summed E-state index contributed by atoms with van der Waals surface area (Å²) in [6, 6.07) is 3.87. The zero-order valence-corrected chi connectivity index (χ0v) is 21.2. The molecule has 172 valence electrons. The van der Waals surface area contributed by atoms with E-state index in [0.29, 0.717) is 17.3 Å². The molecule has 0 N–H and O–H groups in total. The second-order valence-corrected chi connectivity index (χ2v) is 11.3. The summed E-state index contributed by atoms with van der Waals surface area (Å²) in [6.07, 6.45) is 7.51. The molecule has 4 aromatic heterocycles. The Bertz CT molecular complexity index is 1360. The number of hydrogen-bond acceptors (Lipinski definition) is 8. The molecule has 4 heterocycles. The summed E-state index contributed by atoms with van der Waals surface area (Å²) < 4.78 is 3.50. The number of nitrogens with zero attached hydrogens (tertiary/aromatic N) is 6. The zero-order chi connectivity index (χ0) is 22.9. The number of fused-ring (bicyclic) bond motifs is 2. The summed E-state index contributed by atoms with van der Waals surface area (Å²) in [5.41, 5.74) is 2.06. The second-order valence-electron chi connectivity index (χ2n) is 8.20. The Hall–Kier alpha value is -2.30. The average Bonchev–Trinajstić information content (AvgIpc) is 3.53. The van der Waals surface area contributed by atoms with Crippen LogP contribution in [0.5, 0.6) is 0 Å². The van der Waals surface area contributed by atoms with Gasteiger partial charge in [0.15, 0.2) is 11.0 Å². The van der Waals surface area contributed by atoms with Gasteiger partial charge in [0.25, 0.3) is 5.56 Å². The van der Waals surface area contributed by atoms with E-state index >= 15 is 0 Å². The van der Waals surface area contributed by atoms with Gasteiger partial charge in [0.05, 0.1) is 10.6 Å². The highest BCUT2D eigenvalue weighted by Crippen LogP contribution is 2.38. The monoisotopic (exact) mass is 498 g/mol. The number of thioether (sulfide) groups is 1. The maximum absolute atomic E-state index is 12.5. The molecule has 0 fully saturated rings. The molecule has 0 radical (unpaired) electrons. The topological polar surface area (TPSA) is 78.0 Å². The molecule has 0 amide bonds. The molecule has 4 aromatic rings. The van der Waals surface area contributed by atoms with Crippen LogP contribution in [0, 0.1) is 5.92 Å². The van der Waals surface area contributed by atoms with Crippen LogP contribution < -0.4 is 5.56 Å². The first-order valence-corrected chi connectivity index (χ1v) is 13.9. The average molecular weight is 499 g/mol. The molecule has 5 rings (SSSR count). The third-order valence-electron chi connectivity index (χ3n) is 6.00. The maximum atomic E-state index is 12.5. The lowest BCUT2D eigenvalue weighted by Gasteiger charge is -2.19. The summed E-state index contributed by atoms with van der Waals surface area (Å²) in [4.78, 5) is 20.4. The molecule has 0 spiro atoms. The highest BCUT2D eigenvalue weighted by Gasteiger charge is 2.23. The van der Waals surface area contributed by atoms with E-state index in [1.165, 1.54) is 50.4 Å². The fourth-order valence-electron chi connectivity index (χ4n) is 4.18. The van der Waals surface area contributed by atoms with Crippen LogP contribution in [0.25, 0.3) is 15.7 Å². The van der Waals surface area contributed by atoms with Crippen molar-refractivity contribution in [3.63, 3.8) is 0 Å². The van der Waals surface area contributed by atoms with Crippen LogP contribution in [0.1, 0.15) is 47.8 Å². The van der Waals surface area contributed by atoms with E-state index in [9.17, 15) is 4.79 Å². The minimum Gasteiger partial charge on any atom is -0.297 e. The number of allylic oxidation sites excluding steroid dienone is 1. The Morgan fingerprint density at radius 3 is 2.94 bits per heavy atom. The summed E-state index contributed by atoms with van der Waals surface area (Å²) in [5.74, 6) is 2.22. The van der Waals surface area contributed by atoms with Crippen molar-refractivity contribution in [2.24, 2.45) is 5.92 Å². The normalized spacial score (nSPS) is 15.8. The zero-order valence-electron chi connectivity index (χ0n) is 18.8. The van der Waals surface area contributed by atoms with Crippen LogP contribution in [0.2, 0.25) is 0 Å². The van der Waals surface area contributed by atoms with Crippen molar-refractivity contribution < 1.29 is 0 Å². The lowest BCUT2D eigenvalue weighted by Crippen LogP contribution is -2.15. The van der Waals surface area contributed by atoms with E-state index in [0.717, 1.165) is 40.4 Å². The van der Waals surface area contributed by atoms with Crippen molar-refractivity contribution in [3.05, 3.63) is 56.3 Å². The van der Waals surface area contributed by atoms with Crippen molar-refractivity contribution in [1.29, 1.82) is 0 Å². The van der Waals surface area contributed by atoms with Crippen LogP contribution in [-0.4, -0.2) is 29.4 Å². The van der Waals surface area contributed by atoms with Crippen LogP contribution in [0.3, 0.4) is 0 Å². The minimum atomic E-state index is -0.144. The fourth-order valence-corrected chi connectivity index (χ4v) is 7.08. The van der Waals surface area contributed by atoms with E-state index in [-0.39, 0.29) is 5.56 Å². The van der Waals surface area contributed by atoms with Crippen LogP contribution in [0.15, 0.2) is 34.7 Å². The summed E-state index contributed by atoms with van der Waals surface area (Å²) >= 11 is 4.85. The quantitative estimate of drug-likeness (QED) is 0.251. The van der Waals surface area contributed by atoms with Gasteiger partial charge in [0, 0.05) is 23.2 Å². The van der Waals surface area contributed by atoms with Gasteiger partial charge in [-0.25, -0.2) is 4.98 Å². The van der Waals surface area contributed by atoms with Gasteiger partial charge < -0.3 is 0 Å². The van der Waals surface area contributed by atoms with Gasteiger partial charge >= 0.3 is 0 Å². The van der Waals surface area contributed by atoms with Gasteiger partial charge in [-0.2, -0.15) is 9.61 Å². The highest BCUT2D eigenvalue weighted by atomic mass is 32.2. The van der Waals surface area contributed by atoms with E-state index in [1.807, 2.05) is 24.3 Å². The Morgan fingerprint density at radius 2 is 2.15 bits per heavy atom. The summed E-state index contributed by atoms with van der Waals surface area (Å²) in [7, 11) is 0. The molecular weight excluding hydrogens is 472 g/mol. The predicted octanol–water partition coefficient (Wildman–Crippen LogP) is 5.03. The van der Waals surface area contributed by atoms with Gasteiger partial charge in [-0.1, -0.05) is 49.4 Å². The number of rotatable bonds is 8. The van der Waals surface area contributed by atoms with E-state index in [1.54, 1.807) is 17.8 Å². The fraction of sp³-hybridized carbons (Fsp3) is 0.435. The largest absolute Gasteiger partial charge is 0.297 e. The van der Waals surface area contributed by atoms with Crippen LogP contribution in [0.4, 0.5) is 0 Å². The van der Waals surface area contributed by atoms with Crippen molar-refractivity contribution >= 4 is 39.4 Å². The third-order valence-corrected chi connectivity index (χ3v) is 9.29. The molecule has 0 aromatic carbocycles. The SMILES string of the molecule is C=CCn1c(SCc2cc(=O)n3nc(CC)sc3n2)nnc1-c1cc2c(s1)CC[C@H](CC)C2. The molecule has 1 aliphatic rings. The predicted molar refractivity (Wildman–Crippen MR) is 135 cm³/mol. The second kappa shape index (κ2) is 9.52. The highest BCUT2D eigenvalue weighted by molar-refractivity contribution is 7.98. The molecular formula is C23H26N6OS3. The Balaban J connectivity index is 1.40. The first-order chi connectivity index (χ1) is 16.1. The molecule has 0 saturated carbocycles. The maximum Gasteiger partial charge on any atom is 0.275 e. The Labute approximate surface area is 204 Å². The summed E-state index contributed by atoms with van der Waals surface area (Å²) in [5, 5.41) is 15.1. The van der Waals surface area contributed by atoms with E-state index < -0.39 is 0 Å². The molecule has 1 aliphatic carbocycles. The third kappa shape index (κ3) is 4.43. The molecule has 0 aliphatic heterocycles. The first kappa shape index (κ1) is 22.5. The Morgan fingerprint density at radius 1 is 1.27 bits per heavy atom. The number of hydrogen-bond donors (Lipinski definition) is 0. The van der Waals surface area contributed by atoms with Crippen molar-refractivity contribution in [2.45, 2.75) is 63.4 Å². The van der Waals surface area contributed by atoms with Gasteiger partial charge in [-0.05, 0) is 43.2 Å². The number of aromatic nitrogens is 6. The molecule has 0 saturated heterocycles. The Kier molecular flexibility index (Phi) is 6.49. The summed E-state index contributed by atoms with van der Waals surface area (Å²) in [6.45, 7) is 8.87. The molecule has 7 nitrogen and oxygen atoms in total. The molecule has 0 unspecified atom stereocenters. The number of thiophene rings is 1. The lowest BCUT2D eigenvalue weighted by molar-refractivity contribution is 0.449. The molecule has 33 heavy (non-hydrogen) atoms. The van der Waals surface area contributed by atoms with Crippen LogP contribution in [-0.2, 0) is 31.6 Å². The lowest BCUT2D eigenvalue weighted by atomic mass is 9.87. The van der Waals surface area contributed by atoms with Crippen molar-refractivity contribution in [2.75, 3.05) is 0 Å². The molecule has 1 atom stereocenters.